The van der Waals surface area contributed by atoms with E-state index in [1.165, 1.54) is 23.5 Å². The lowest BCUT2D eigenvalue weighted by Gasteiger charge is -2.07. The molecule has 0 aliphatic rings. The van der Waals surface area contributed by atoms with Gasteiger partial charge in [-0.25, -0.2) is 9.37 Å². The summed E-state index contributed by atoms with van der Waals surface area (Å²) in [5.74, 6) is 0.269. The van der Waals surface area contributed by atoms with E-state index in [9.17, 15) is 9.18 Å². The van der Waals surface area contributed by atoms with Crippen LogP contribution < -0.4 is 10.1 Å². The lowest BCUT2D eigenvalue weighted by atomic mass is 10.1. The smallest absolute Gasteiger partial charge is 0.257 e. The number of para-hydroxylation sites is 1. The van der Waals surface area contributed by atoms with Gasteiger partial charge in [0.05, 0.1) is 5.69 Å². The predicted octanol–water partition coefficient (Wildman–Crippen LogP) is 5.78. The molecule has 1 aromatic heterocycles. The molecule has 0 saturated heterocycles. The van der Waals surface area contributed by atoms with Gasteiger partial charge in [0, 0.05) is 16.5 Å². The Hall–Kier alpha value is -3.51. The number of amides is 1. The minimum absolute atomic E-state index is 0.236. The van der Waals surface area contributed by atoms with Gasteiger partial charge in [-0.3, -0.25) is 10.1 Å². The molecule has 29 heavy (non-hydrogen) atoms. The third-order valence-corrected chi connectivity index (χ3v) is 4.99. The Bertz CT molecular complexity index is 1090. The summed E-state index contributed by atoms with van der Waals surface area (Å²) in [4.78, 5) is 16.9. The first-order valence-corrected chi connectivity index (χ1v) is 9.85. The second-order valence-corrected chi connectivity index (χ2v) is 7.16. The summed E-state index contributed by atoms with van der Waals surface area (Å²) in [6.07, 6.45) is 0. The Morgan fingerprint density at radius 2 is 1.69 bits per heavy atom. The Balaban J connectivity index is 1.37. The fourth-order valence-electron chi connectivity index (χ4n) is 2.69. The van der Waals surface area contributed by atoms with E-state index in [4.69, 9.17) is 4.74 Å². The van der Waals surface area contributed by atoms with E-state index in [-0.39, 0.29) is 11.7 Å². The van der Waals surface area contributed by atoms with Gasteiger partial charge in [0.1, 0.15) is 18.2 Å². The number of thiazole rings is 1. The summed E-state index contributed by atoms with van der Waals surface area (Å²) >= 11 is 1.32. The number of nitrogens with one attached hydrogen (secondary N) is 1. The van der Waals surface area contributed by atoms with Crippen molar-refractivity contribution in [1.29, 1.82) is 0 Å². The minimum atomic E-state index is -0.296. The number of hydrogen-bond acceptors (Lipinski definition) is 4. The number of rotatable bonds is 6. The highest BCUT2D eigenvalue weighted by Crippen LogP contribution is 2.25. The Morgan fingerprint density at radius 3 is 2.41 bits per heavy atom. The summed E-state index contributed by atoms with van der Waals surface area (Å²) < 4.78 is 18.8. The lowest BCUT2D eigenvalue weighted by Crippen LogP contribution is -2.11. The monoisotopic (exact) mass is 404 g/mol. The molecular weight excluding hydrogens is 387 g/mol. The van der Waals surface area contributed by atoms with Crippen LogP contribution in [0.25, 0.3) is 11.3 Å². The van der Waals surface area contributed by atoms with Gasteiger partial charge in [-0.05, 0) is 54.1 Å². The molecule has 4 aromatic rings. The van der Waals surface area contributed by atoms with Crippen molar-refractivity contribution in [2.75, 3.05) is 5.32 Å². The molecule has 0 radical (unpaired) electrons. The minimum Gasteiger partial charge on any atom is -0.489 e. The average Bonchev–Trinajstić information content (AvgIpc) is 3.22. The van der Waals surface area contributed by atoms with Gasteiger partial charge in [-0.15, -0.1) is 11.3 Å². The van der Waals surface area contributed by atoms with E-state index in [1.807, 2.05) is 47.8 Å². The van der Waals surface area contributed by atoms with E-state index in [0.29, 0.717) is 23.0 Å². The van der Waals surface area contributed by atoms with Crippen LogP contribution in [0.5, 0.6) is 5.75 Å². The van der Waals surface area contributed by atoms with Crippen LogP contribution in [0.4, 0.5) is 9.52 Å². The van der Waals surface area contributed by atoms with Crippen molar-refractivity contribution in [3.05, 3.63) is 101 Å². The topological polar surface area (TPSA) is 51.2 Å². The molecule has 0 fully saturated rings. The number of anilines is 1. The highest BCUT2D eigenvalue weighted by atomic mass is 32.1. The molecule has 1 amide bonds. The van der Waals surface area contributed by atoms with Crippen molar-refractivity contribution in [1.82, 2.24) is 4.98 Å². The fraction of sp³-hybridized carbons (Fsp3) is 0.0435. The zero-order valence-corrected chi connectivity index (χ0v) is 16.2. The molecule has 0 atom stereocenters. The van der Waals surface area contributed by atoms with Crippen LogP contribution >= 0.6 is 11.3 Å². The van der Waals surface area contributed by atoms with Crippen LogP contribution in [0.3, 0.4) is 0 Å². The number of hydrogen-bond donors (Lipinski definition) is 1. The molecule has 6 heteroatoms. The number of ether oxygens (including phenoxy) is 1. The first kappa shape index (κ1) is 18.8. The third kappa shape index (κ3) is 4.86. The van der Waals surface area contributed by atoms with Crippen LogP contribution in [-0.4, -0.2) is 10.9 Å². The van der Waals surface area contributed by atoms with E-state index < -0.39 is 0 Å². The van der Waals surface area contributed by atoms with Gasteiger partial charge in [0.15, 0.2) is 5.13 Å². The van der Waals surface area contributed by atoms with E-state index in [2.05, 4.69) is 10.3 Å². The first-order valence-electron chi connectivity index (χ1n) is 8.97. The van der Waals surface area contributed by atoms with Crippen LogP contribution in [0.2, 0.25) is 0 Å². The number of carbonyl (C=O) groups is 1. The summed E-state index contributed by atoms with van der Waals surface area (Å²) in [6, 6.07) is 22.9. The fourth-order valence-corrected chi connectivity index (χ4v) is 3.40. The van der Waals surface area contributed by atoms with Crippen LogP contribution in [0, 0.1) is 5.82 Å². The zero-order valence-electron chi connectivity index (χ0n) is 15.3. The van der Waals surface area contributed by atoms with Gasteiger partial charge in [0.2, 0.25) is 0 Å². The largest absolute Gasteiger partial charge is 0.489 e. The lowest BCUT2D eigenvalue weighted by molar-refractivity contribution is 0.102. The molecule has 1 N–H and O–H groups in total. The van der Waals surface area contributed by atoms with Crippen LogP contribution in [0.15, 0.2) is 84.2 Å². The third-order valence-electron chi connectivity index (χ3n) is 4.23. The van der Waals surface area contributed by atoms with Gasteiger partial charge in [0.25, 0.3) is 5.91 Å². The van der Waals surface area contributed by atoms with Crippen molar-refractivity contribution in [3.8, 4) is 17.0 Å². The average molecular weight is 404 g/mol. The Labute approximate surface area is 171 Å². The van der Waals surface area contributed by atoms with Gasteiger partial charge in [-0.2, -0.15) is 0 Å². The van der Waals surface area contributed by atoms with Gasteiger partial charge in [-0.1, -0.05) is 30.3 Å². The molecule has 0 bridgehead atoms. The van der Waals surface area contributed by atoms with Crippen molar-refractivity contribution in [3.63, 3.8) is 0 Å². The SMILES string of the molecule is O=C(Nc1nc(-c2ccc(F)cc2)cs1)c1ccc(COc2ccccc2)cc1. The predicted molar refractivity (Wildman–Crippen MR) is 113 cm³/mol. The molecule has 0 unspecified atom stereocenters. The van der Waals surface area contributed by atoms with Crippen molar-refractivity contribution >= 4 is 22.4 Å². The second-order valence-electron chi connectivity index (χ2n) is 6.30. The number of benzene rings is 3. The quantitative estimate of drug-likeness (QED) is 0.443. The van der Waals surface area contributed by atoms with Crippen molar-refractivity contribution in [2.45, 2.75) is 6.61 Å². The van der Waals surface area contributed by atoms with Gasteiger partial charge >= 0.3 is 0 Å². The van der Waals surface area contributed by atoms with Crippen molar-refractivity contribution in [2.24, 2.45) is 0 Å². The normalized spacial score (nSPS) is 10.5. The van der Waals surface area contributed by atoms with Crippen LogP contribution in [0.1, 0.15) is 15.9 Å². The van der Waals surface area contributed by atoms with E-state index >= 15 is 0 Å². The second kappa shape index (κ2) is 8.67. The molecular formula is C23H17FN2O2S. The number of carbonyl (C=O) groups excluding carboxylic acids is 1. The maximum Gasteiger partial charge on any atom is 0.257 e. The maximum absolute atomic E-state index is 13.0. The van der Waals surface area contributed by atoms with E-state index in [0.717, 1.165) is 16.9 Å². The summed E-state index contributed by atoms with van der Waals surface area (Å²) in [6.45, 7) is 0.430. The Morgan fingerprint density at radius 1 is 0.966 bits per heavy atom. The maximum atomic E-state index is 13.0. The molecule has 0 saturated carbocycles. The Kier molecular flexibility index (Phi) is 5.63. The van der Waals surface area contributed by atoms with Gasteiger partial charge < -0.3 is 4.74 Å². The summed E-state index contributed by atoms with van der Waals surface area (Å²) in [5.41, 5.74) is 3.00. The standard InChI is InChI=1S/C23H17FN2O2S/c24-19-12-10-17(11-13-19)21-15-29-23(25-21)26-22(27)18-8-6-16(7-9-18)14-28-20-4-2-1-3-5-20/h1-13,15H,14H2,(H,25,26,27). The van der Waals surface area contributed by atoms with E-state index in [1.54, 1.807) is 24.3 Å². The molecule has 0 aliphatic heterocycles. The highest BCUT2D eigenvalue weighted by Gasteiger charge is 2.10. The first-order chi connectivity index (χ1) is 14.2. The highest BCUT2D eigenvalue weighted by molar-refractivity contribution is 7.14. The van der Waals surface area contributed by atoms with Crippen molar-refractivity contribution < 1.29 is 13.9 Å². The molecule has 0 aliphatic carbocycles. The van der Waals surface area contributed by atoms with Crippen LogP contribution in [-0.2, 0) is 6.61 Å². The molecule has 4 rings (SSSR count). The molecule has 144 valence electrons. The number of aromatic nitrogens is 1. The molecule has 0 spiro atoms. The zero-order chi connectivity index (χ0) is 20.1. The molecule has 4 nitrogen and oxygen atoms in total. The number of nitrogens with zero attached hydrogens (tertiary/aromatic N) is 1. The summed E-state index contributed by atoms with van der Waals surface area (Å²) in [5, 5.41) is 5.12. The number of halogens is 1. The molecule has 3 aromatic carbocycles. The molecule has 1 heterocycles. The summed E-state index contributed by atoms with van der Waals surface area (Å²) in [7, 11) is 0.